The molecule has 0 aliphatic heterocycles. The number of aromatic nitrogens is 7. The Hall–Kier alpha value is -5.05. The second-order valence-electron chi connectivity index (χ2n) is 8.30. The fourth-order valence-corrected chi connectivity index (χ4v) is 3.98. The maximum atomic E-state index is 6.21. The van der Waals surface area contributed by atoms with Crippen LogP contribution in [0.2, 0.25) is 0 Å². The van der Waals surface area contributed by atoms with Gasteiger partial charge in [0.05, 0.1) is 18.0 Å². The molecule has 0 atom stereocenters. The number of anilines is 2. The van der Waals surface area contributed by atoms with Crippen LogP contribution in [0.15, 0.2) is 98.2 Å². The second-order valence-corrected chi connectivity index (χ2v) is 8.30. The molecule has 2 aromatic carbocycles. The molecule has 2 N–H and O–H groups in total. The number of ether oxygens (including phenoxy) is 1. The molecule has 4 heterocycles. The topological polar surface area (TPSA) is 106 Å². The molecule has 0 saturated heterocycles. The molecule has 0 bridgehead atoms. The van der Waals surface area contributed by atoms with Crippen molar-refractivity contribution in [2.24, 2.45) is 0 Å². The average Bonchev–Trinajstić information content (AvgIpc) is 3.63. The number of hydrogen-bond donors (Lipinski definition) is 2. The van der Waals surface area contributed by atoms with Crippen molar-refractivity contribution in [3.63, 3.8) is 0 Å². The van der Waals surface area contributed by atoms with Gasteiger partial charge in [-0.3, -0.25) is 10.1 Å². The summed E-state index contributed by atoms with van der Waals surface area (Å²) in [5.41, 5.74) is 5.66. The van der Waals surface area contributed by atoms with Crippen molar-refractivity contribution in [2.75, 3.05) is 5.32 Å². The predicted octanol–water partition coefficient (Wildman–Crippen LogP) is 4.98. The van der Waals surface area contributed by atoms with Gasteiger partial charge in [0.25, 0.3) is 0 Å². The molecule has 9 nitrogen and oxygen atoms in total. The smallest absolute Gasteiger partial charge is 0.227 e. The van der Waals surface area contributed by atoms with Gasteiger partial charge in [-0.25, -0.2) is 15.0 Å². The SMILES string of the molecule is c1cncc(COc2cc3nc(Nc4cccc(Cn5ccnc5)c4)ncc3cc2-c2cn[nH]c2)c1. The Bertz CT molecular complexity index is 1580. The number of aromatic amines is 1. The molecule has 176 valence electrons. The zero-order valence-electron chi connectivity index (χ0n) is 19.2. The molecule has 0 radical (unpaired) electrons. The van der Waals surface area contributed by atoms with Crippen LogP contribution in [-0.2, 0) is 13.2 Å². The second kappa shape index (κ2) is 9.67. The van der Waals surface area contributed by atoms with Crippen LogP contribution in [-0.4, -0.2) is 34.7 Å². The summed E-state index contributed by atoms with van der Waals surface area (Å²) in [6.45, 7) is 1.13. The van der Waals surface area contributed by atoms with E-state index in [0.29, 0.717) is 18.3 Å². The first-order chi connectivity index (χ1) is 17.8. The maximum Gasteiger partial charge on any atom is 0.227 e. The van der Waals surface area contributed by atoms with Crippen LogP contribution < -0.4 is 10.1 Å². The van der Waals surface area contributed by atoms with Crippen LogP contribution in [0, 0.1) is 0 Å². The van der Waals surface area contributed by atoms with Gasteiger partial charge < -0.3 is 14.6 Å². The minimum atomic E-state index is 0.393. The molecule has 0 fully saturated rings. The van der Waals surface area contributed by atoms with Crippen molar-refractivity contribution in [1.82, 2.24) is 34.7 Å². The van der Waals surface area contributed by atoms with Gasteiger partial charge in [-0.05, 0) is 29.8 Å². The number of benzene rings is 2. The molecule has 6 aromatic rings. The molecule has 36 heavy (non-hydrogen) atoms. The van der Waals surface area contributed by atoms with Crippen molar-refractivity contribution in [1.29, 1.82) is 0 Å². The largest absolute Gasteiger partial charge is 0.488 e. The normalized spacial score (nSPS) is 11.0. The Labute approximate surface area is 206 Å². The first-order valence-corrected chi connectivity index (χ1v) is 11.4. The minimum absolute atomic E-state index is 0.393. The molecule has 9 heteroatoms. The monoisotopic (exact) mass is 474 g/mol. The van der Waals surface area contributed by atoms with Crippen LogP contribution in [0.1, 0.15) is 11.1 Å². The third kappa shape index (κ3) is 4.76. The Kier molecular flexibility index (Phi) is 5.77. The minimum Gasteiger partial charge on any atom is -0.488 e. The Morgan fingerprint density at radius 2 is 1.92 bits per heavy atom. The molecule has 0 unspecified atom stereocenters. The molecule has 0 spiro atoms. The first kappa shape index (κ1) is 21.5. The highest BCUT2D eigenvalue weighted by Gasteiger charge is 2.12. The summed E-state index contributed by atoms with van der Waals surface area (Å²) in [7, 11) is 0. The molecule has 6 rings (SSSR count). The van der Waals surface area contributed by atoms with Crippen molar-refractivity contribution < 1.29 is 4.74 Å². The van der Waals surface area contributed by atoms with Gasteiger partial charge in [-0.2, -0.15) is 5.10 Å². The molecular weight excluding hydrogens is 452 g/mol. The molecule has 4 aromatic heterocycles. The molecular formula is C27H22N8O. The summed E-state index contributed by atoms with van der Waals surface area (Å²) < 4.78 is 8.23. The quantitative estimate of drug-likeness (QED) is 0.320. The zero-order valence-corrected chi connectivity index (χ0v) is 19.2. The van der Waals surface area contributed by atoms with Crippen molar-refractivity contribution in [3.8, 4) is 16.9 Å². The van der Waals surface area contributed by atoms with Crippen molar-refractivity contribution in [3.05, 3.63) is 109 Å². The summed E-state index contributed by atoms with van der Waals surface area (Å²) in [4.78, 5) is 17.6. The zero-order chi connectivity index (χ0) is 24.2. The molecule has 0 aliphatic carbocycles. The van der Waals surface area contributed by atoms with Crippen LogP contribution in [0.5, 0.6) is 5.75 Å². The summed E-state index contributed by atoms with van der Waals surface area (Å²) in [6, 6.07) is 16.0. The van der Waals surface area contributed by atoms with Crippen LogP contribution in [0.25, 0.3) is 22.0 Å². The lowest BCUT2D eigenvalue weighted by molar-refractivity contribution is 0.307. The number of imidazole rings is 1. The van der Waals surface area contributed by atoms with Crippen LogP contribution in [0.3, 0.4) is 0 Å². The lowest BCUT2D eigenvalue weighted by atomic mass is 10.1. The van der Waals surface area contributed by atoms with Gasteiger partial charge in [0.2, 0.25) is 5.95 Å². The Morgan fingerprint density at radius 3 is 2.75 bits per heavy atom. The van der Waals surface area contributed by atoms with Crippen LogP contribution in [0.4, 0.5) is 11.6 Å². The molecule has 0 aliphatic rings. The van der Waals surface area contributed by atoms with E-state index >= 15 is 0 Å². The van der Waals surface area contributed by atoms with Crippen molar-refractivity contribution >= 4 is 22.5 Å². The molecule has 0 amide bonds. The van der Waals surface area contributed by atoms with E-state index in [4.69, 9.17) is 9.72 Å². The third-order valence-corrected chi connectivity index (χ3v) is 5.71. The molecule has 0 saturated carbocycles. The number of nitrogens with zero attached hydrogens (tertiary/aromatic N) is 6. The van der Waals surface area contributed by atoms with E-state index in [0.717, 1.165) is 45.4 Å². The maximum absolute atomic E-state index is 6.21. The van der Waals surface area contributed by atoms with E-state index in [1.54, 1.807) is 31.1 Å². The summed E-state index contributed by atoms with van der Waals surface area (Å²) in [5, 5.41) is 11.2. The van der Waals surface area contributed by atoms with Gasteiger partial charge in [-0.1, -0.05) is 18.2 Å². The highest BCUT2D eigenvalue weighted by molar-refractivity contribution is 5.88. The van der Waals surface area contributed by atoms with E-state index in [1.807, 2.05) is 59.6 Å². The highest BCUT2D eigenvalue weighted by atomic mass is 16.5. The van der Waals surface area contributed by atoms with E-state index in [2.05, 4.69) is 42.6 Å². The fraction of sp³-hybridized carbons (Fsp3) is 0.0741. The standard InChI is InChI=1S/C27H22N8O/c1-3-19(16-35-8-7-29-18-35)9-23(5-1)33-27-30-13-21-10-24(22-14-31-32-15-22)26(11-25(21)34-27)36-17-20-4-2-6-28-12-20/h1-15,18H,16-17H2,(H,31,32)(H,30,33,34). The third-order valence-electron chi connectivity index (χ3n) is 5.71. The van der Waals surface area contributed by atoms with Gasteiger partial charge >= 0.3 is 0 Å². The number of pyridine rings is 1. The van der Waals surface area contributed by atoms with Gasteiger partial charge in [0.15, 0.2) is 0 Å². The number of H-pyrrole nitrogens is 1. The summed E-state index contributed by atoms with van der Waals surface area (Å²) in [6.07, 6.45) is 14.5. The van der Waals surface area contributed by atoms with Crippen LogP contribution >= 0.6 is 0 Å². The van der Waals surface area contributed by atoms with Gasteiger partial charge in [0, 0.05) is 77.6 Å². The number of nitrogens with one attached hydrogen (secondary N) is 2. The lowest BCUT2D eigenvalue weighted by Crippen LogP contribution is -2.01. The predicted molar refractivity (Wildman–Crippen MR) is 137 cm³/mol. The first-order valence-electron chi connectivity index (χ1n) is 11.4. The fourth-order valence-electron chi connectivity index (χ4n) is 3.98. The number of rotatable bonds is 8. The average molecular weight is 475 g/mol. The van der Waals surface area contributed by atoms with Crippen molar-refractivity contribution in [2.45, 2.75) is 13.2 Å². The number of hydrogen-bond acceptors (Lipinski definition) is 7. The van der Waals surface area contributed by atoms with Gasteiger partial charge in [0.1, 0.15) is 12.4 Å². The van der Waals surface area contributed by atoms with E-state index in [-0.39, 0.29) is 0 Å². The number of fused-ring (bicyclic) bond motifs is 1. The van der Waals surface area contributed by atoms with Gasteiger partial charge in [-0.15, -0.1) is 0 Å². The summed E-state index contributed by atoms with van der Waals surface area (Å²) in [5.74, 6) is 1.22. The summed E-state index contributed by atoms with van der Waals surface area (Å²) >= 11 is 0. The Morgan fingerprint density at radius 1 is 0.944 bits per heavy atom. The lowest BCUT2D eigenvalue weighted by Gasteiger charge is -2.13. The Balaban J connectivity index is 1.29. The van der Waals surface area contributed by atoms with E-state index in [9.17, 15) is 0 Å². The highest BCUT2D eigenvalue weighted by Crippen LogP contribution is 2.34. The van der Waals surface area contributed by atoms with E-state index < -0.39 is 0 Å². The van der Waals surface area contributed by atoms with E-state index in [1.165, 1.54) is 0 Å².